The van der Waals surface area contributed by atoms with Crippen molar-refractivity contribution in [3.63, 3.8) is 0 Å². The van der Waals surface area contributed by atoms with Crippen LogP contribution in [0.5, 0.6) is 0 Å². The predicted octanol–water partition coefficient (Wildman–Crippen LogP) is 10.4. The van der Waals surface area contributed by atoms with Crippen molar-refractivity contribution < 1.29 is 0 Å². The van der Waals surface area contributed by atoms with Crippen molar-refractivity contribution in [1.82, 2.24) is 19.0 Å². The molecule has 0 aliphatic heterocycles. The largest absolute Gasteiger partial charge is 0.286 e. The van der Waals surface area contributed by atoms with Crippen LogP contribution < -0.4 is 11.1 Å². The molecule has 0 saturated heterocycles. The van der Waals surface area contributed by atoms with Crippen LogP contribution in [0.2, 0.25) is 0 Å². The molecule has 0 fully saturated rings. The van der Waals surface area contributed by atoms with Gasteiger partial charge in [-0.2, -0.15) is 4.52 Å². The molecule has 0 aliphatic carbocycles. The van der Waals surface area contributed by atoms with Gasteiger partial charge in [-0.05, 0) is 66.7 Å². The summed E-state index contributed by atoms with van der Waals surface area (Å²) in [6, 6.07) is 56.9. The molecule has 252 valence electrons. The van der Waals surface area contributed by atoms with E-state index in [1.807, 2.05) is 115 Å². The van der Waals surface area contributed by atoms with Gasteiger partial charge in [0.05, 0.1) is 16.6 Å². The van der Waals surface area contributed by atoms with Crippen molar-refractivity contribution in [2.75, 3.05) is 0 Å². The Balaban J connectivity index is 1.31. The Labute approximate surface area is 307 Å². The molecule has 3 heterocycles. The van der Waals surface area contributed by atoms with Crippen molar-refractivity contribution in [3.05, 3.63) is 191 Å². The van der Waals surface area contributed by atoms with Gasteiger partial charge in [-0.15, -0.1) is 0 Å². The van der Waals surface area contributed by atoms with Crippen molar-refractivity contribution >= 4 is 54.3 Å². The molecular formula is C48H28N4O2. The van der Waals surface area contributed by atoms with E-state index in [0.717, 1.165) is 65.7 Å². The summed E-state index contributed by atoms with van der Waals surface area (Å²) in [5, 5.41) is 7.08. The third-order valence-electron chi connectivity index (χ3n) is 10.7. The minimum atomic E-state index is -0.453. The van der Waals surface area contributed by atoms with E-state index in [0.29, 0.717) is 33.5 Å². The zero-order valence-corrected chi connectivity index (χ0v) is 28.8. The third-order valence-corrected chi connectivity index (χ3v) is 10.7. The lowest BCUT2D eigenvalue weighted by atomic mass is 9.93. The molecule has 54 heavy (non-hydrogen) atoms. The molecule has 0 radical (unpaired) electrons. The number of hydrogen-bond acceptors (Lipinski definition) is 4. The molecule has 0 saturated carbocycles. The van der Waals surface area contributed by atoms with Gasteiger partial charge in [0.15, 0.2) is 11.5 Å². The molecular weight excluding hydrogens is 665 g/mol. The second kappa shape index (κ2) is 11.5. The maximum Gasteiger partial charge on any atom is 0.286 e. The molecule has 8 aromatic carbocycles. The normalized spacial score (nSPS) is 11.9. The summed E-state index contributed by atoms with van der Waals surface area (Å²) in [5.74, 6) is 0.457. The highest BCUT2D eigenvalue weighted by Gasteiger charge is 2.26. The van der Waals surface area contributed by atoms with Crippen molar-refractivity contribution in [1.29, 1.82) is 0 Å². The summed E-state index contributed by atoms with van der Waals surface area (Å²) in [7, 11) is 0. The first-order valence-corrected chi connectivity index (χ1v) is 17.9. The molecule has 0 bridgehead atoms. The monoisotopic (exact) mass is 692 g/mol. The molecule has 0 N–H and O–H groups in total. The Morgan fingerprint density at radius 1 is 0.370 bits per heavy atom. The van der Waals surface area contributed by atoms with E-state index in [-0.39, 0.29) is 5.56 Å². The summed E-state index contributed by atoms with van der Waals surface area (Å²) in [6.45, 7) is 0. The summed E-state index contributed by atoms with van der Waals surface area (Å²) < 4.78 is 2.96. The standard InChI is InChI=1S/C48H28N4O2/c53-47-41-27-39-35-23-11-9-21-33(35)34-22-10-12-24-36(34)40(39)28-42(41)51-46-43(48(54)52(47)51)44(37-25-13-7-19-31(37)29-15-3-1-4-16-29)49-45(50-46)38-26-14-8-20-32(38)30-17-5-2-6-18-30/h1-28H. The van der Waals surface area contributed by atoms with Crippen LogP contribution in [0.3, 0.4) is 0 Å². The lowest BCUT2D eigenvalue weighted by Crippen LogP contribution is -2.21. The van der Waals surface area contributed by atoms with E-state index in [4.69, 9.17) is 9.97 Å². The van der Waals surface area contributed by atoms with Crippen LogP contribution in [0.15, 0.2) is 179 Å². The molecule has 11 aromatic rings. The maximum atomic E-state index is 14.8. The highest BCUT2D eigenvalue weighted by Crippen LogP contribution is 2.39. The van der Waals surface area contributed by atoms with Crippen LogP contribution in [0.4, 0.5) is 0 Å². The fourth-order valence-corrected chi connectivity index (χ4v) is 8.32. The number of benzene rings is 8. The highest BCUT2D eigenvalue weighted by atomic mass is 16.2. The lowest BCUT2D eigenvalue weighted by Gasteiger charge is -2.13. The second-order valence-corrected chi connectivity index (χ2v) is 13.7. The number of rotatable bonds is 4. The zero-order valence-electron chi connectivity index (χ0n) is 28.8. The highest BCUT2D eigenvalue weighted by molar-refractivity contribution is 6.27. The first-order chi connectivity index (χ1) is 26.7. The van der Waals surface area contributed by atoms with Crippen molar-refractivity contribution in [2.24, 2.45) is 0 Å². The molecule has 11 rings (SSSR count). The summed E-state index contributed by atoms with van der Waals surface area (Å²) in [4.78, 5) is 39.8. The smallest absolute Gasteiger partial charge is 0.267 e. The van der Waals surface area contributed by atoms with Crippen LogP contribution in [0, 0.1) is 0 Å². The Kier molecular flexibility index (Phi) is 6.45. The molecule has 0 aliphatic rings. The van der Waals surface area contributed by atoms with E-state index in [1.165, 1.54) is 4.52 Å². The van der Waals surface area contributed by atoms with E-state index < -0.39 is 5.56 Å². The molecule has 0 atom stereocenters. The Morgan fingerprint density at radius 3 is 1.43 bits per heavy atom. The van der Waals surface area contributed by atoms with Gasteiger partial charge in [-0.3, -0.25) is 9.59 Å². The molecule has 3 aromatic heterocycles. The van der Waals surface area contributed by atoms with Crippen LogP contribution in [-0.4, -0.2) is 19.0 Å². The minimum absolute atomic E-state index is 0.293. The maximum absolute atomic E-state index is 14.8. The summed E-state index contributed by atoms with van der Waals surface area (Å²) >= 11 is 0. The number of aromatic nitrogens is 4. The molecule has 0 spiro atoms. The minimum Gasteiger partial charge on any atom is -0.267 e. The fourth-order valence-electron chi connectivity index (χ4n) is 8.32. The topological polar surface area (TPSA) is 68.7 Å². The van der Waals surface area contributed by atoms with Gasteiger partial charge in [-0.1, -0.05) is 158 Å². The first-order valence-electron chi connectivity index (χ1n) is 17.9. The lowest BCUT2D eigenvalue weighted by molar-refractivity contribution is 0.835. The van der Waals surface area contributed by atoms with E-state index in [2.05, 4.69) is 54.6 Å². The Bertz CT molecular complexity index is 3420. The SMILES string of the molecule is O=c1c2cc3c4ccccc4c4ccccc4c3cc2n2c3nc(-c4ccccc4-c4ccccc4)nc(-c4ccccc4-c4ccccc4)c3c(=O)n12. The molecule has 6 heteroatoms. The number of fused-ring (bicyclic) bond motifs is 11. The molecule has 6 nitrogen and oxygen atoms in total. The van der Waals surface area contributed by atoms with Crippen LogP contribution in [0.1, 0.15) is 0 Å². The zero-order chi connectivity index (χ0) is 35.9. The van der Waals surface area contributed by atoms with Gasteiger partial charge < -0.3 is 0 Å². The predicted molar refractivity (Wildman–Crippen MR) is 219 cm³/mol. The van der Waals surface area contributed by atoms with Gasteiger partial charge in [0.25, 0.3) is 11.1 Å². The van der Waals surface area contributed by atoms with Crippen LogP contribution in [0.25, 0.3) is 99.2 Å². The van der Waals surface area contributed by atoms with E-state index in [1.54, 1.807) is 4.52 Å². The number of nitrogens with zero attached hydrogens (tertiary/aromatic N) is 4. The van der Waals surface area contributed by atoms with Crippen LogP contribution >= 0.6 is 0 Å². The fraction of sp³-hybridized carbons (Fsp3) is 0. The quantitative estimate of drug-likeness (QED) is 0.172. The van der Waals surface area contributed by atoms with Crippen LogP contribution in [-0.2, 0) is 0 Å². The first kappa shape index (κ1) is 30.2. The van der Waals surface area contributed by atoms with Crippen molar-refractivity contribution in [2.45, 2.75) is 0 Å². The summed E-state index contributed by atoms with van der Waals surface area (Å²) in [6.07, 6.45) is 0. The van der Waals surface area contributed by atoms with Gasteiger partial charge in [0, 0.05) is 11.1 Å². The van der Waals surface area contributed by atoms with Gasteiger partial charge in [0.1, 0.15) is 5.39 Å². The number of hydrogen-bond donors (Lipinski definition) is 0. The average Bonchev–Trinajstić information content (AvgIpc) is 3.70. The van der Waals surface area contributed by atoms with Gasteiger partial charge in [0.2, 0.25) is 0 Å². The van der Waals surface area contributed by atoms with E-state index in [9.17, 15) is 9.59 Å². The second-order valence-electron chi connectivity index (χ2n) is 13.7. The van der Waals surface area contributed by atoms with Crippen molar-refractivity contribution in [3.8, 4) is 44.9 Å². The average molecular weight is 693 g/mol. The third kappa shape index (κ3) is 4.28. The Hall–Kier alpha value is -7.44. The summed E-state index contributed by atoms with van der Waals surface area (Å²) in [5.41, 5.74) is 6.12. The molecule has 0 amide bonds. The Morgan fingerprint density at radius 2 is 0.833 bits per heavy atom. The van der Waals surface area contributed by atoms with E-state index >= 15 is 0 Å². The van der Waals surface area contributed by atoms with Gasteiger partial charge >= 0.3 is 0 Å². The van der Waals surface area contributed by atoms with Gasteiger partial charge in [-0.25, -0.2) is 14.5 Å². The molecule has 0 unspecified atom stereocenters.